The van der Waals surface area contributed by atoms with Crippen molar-refractivity contribution in [1.29, 1.82) is 0 Å². The molecule has 0 saturated carbocycles. The van der Waals surface area contributed by atoms with Gasteiger partial charge in [-0.3, -0.25) is 14.2 Å². The second-order valence-electron chi connectivity index (χ2n) is 9.25. The van der Waals surface area contributed by atoms with E-state index in [1.54, 1.807) is 24.5 Å². The van der Waals surface area contributed by atoms with Gasteiger partial charge in [0, 0.05) is 29.1 Å². The molecule has 1 N–H and O–H groups in total. The fraction of sp³-hybridized carbons (Fsp3) is 0.161. The smallest absolute Gasteiger partial charge is 0.256 e. The Morgan fingerprint density at radius 3 is 2.42 bits per heavy atom. The van der Waals surface area contributed by atoms with E-state index in [0.717, 1.165) is 35.1 Å². The van der Waals surface area contributed by atoms with Crippen LogP contribution in [-0.4, -0.2) is 33.2 Å². The maximum Gasteiger partial charge on any atom is 0.256 e. The molecule has 2 heterocycles. The normalized spacial score (nSPS) is 11.1. The Labute approximate surface area is 234 Å². The number of nitrogens with zero attached hydrogens (tertiary/aromatic N) is 3. The molecule has 1 amide bonds. The predicted molar refractivity (Wildman–Crippen MR) is 154 cm³/mol. The van der Waals surface area contributed by atoms with Gasteiger partial charge in [0.2, 0.25) is 0 Å². The number of benzene rings is 3. The van der Waals surface area contributed by atoms with Gasteiger partial charge in [-0.2, -0.15) is 0 Å². The lowest BCUT2D eigenvalue weighted by Crippen LogP contribution is -2.24. The lowest BCUT2D eigenvalue weighted by Gasteiger charge is -2.15. The molecule has 0 spiro atoms. The summed E-state index contributed by atoms with van der Waals surface area (Å²) in [5, 5.41) is 3.71. The van der Waals surface area contributed by atoms with Gasteiger partial charge in [-0.15, -0.1) is 0 Å². The van der Waals surface area contributed by atoms with Crippen LogP contribution in [0, 0.1) is 18.6 Å². The average molecular weight is 557 g/mol. The number of para-hydroxylation sites is 1. The van der Waals surface area contributed by atoms with Gasteiger partial charge in [-0.05, 0) is 67.5 Å². The number of carbonyl (C=O) groups is 1. The second kappa shape index (κ2) is 11.8. The zero-order valence-corrected chi connectivity index (χ0v) is 22.8. The zero-order chi connectivity index (χ0) is 28.2. The largest absolute Gasteiger partial charge is 0.352 e. The predicted octanol–water partition coefficient (Wildman–Crippen LogP) is 6.12. The van der Waals surface area contributed by atoms with E-state index in [4.69, 9.17) is 0 Å². The van der Waals surface area contributed by atoms with Crippen molar-refractivity contribution in [2.45, 2.75) is 24.9 Å². The van der Waals surface area contributed by atoms with Crippen molar-refractivity contribution in [2.75, 3.05) is 12.8 Å². The molecule has 9 heteroatoms. The maximum atomic E-state index is 14.8. The number of hydrogen-bond acceptors (Lipinski definition) is 5. The molecule has 0 aliphatic carbocycles. The Balaban J connectivity index is 1.54. The molecule has 3 aromatic carbocycles. The van der Waals surface area contributed by atoms with Crippen molar-refractivity contribution in [3.05, 3.63) is 118 Å². The molecule has 6 nitrogen and oxygen atoms in total. The van der Waals surface area contributed by atoms with Crippen molar-refractivity contribution in [3.8, 4) is 16.9 Å². The third kappa shape index (κ3) is 5.51. The van der Waals surface area contributed by atoms with Gasteiger partial charge in [-0.25, -0.2) is 18.7 Å². The monoisotopic (exact) mass is 556 g/mol. The number of rotatable bonds is 8. The lowest BCUT2D eigenvalue weighted by atomic mass is 9.99. The van der Waals surface area contributed by atoms with Crippen LogP contribution in [0.3, 0.4) is 0 Å². The van der Waals surface area contributed by atoms with E-state index in [9.17, 15) is 18.4 Å². The van der Waals surface area contributed by atoms with Gasteiger partial charge >= 0.3 is 0 Å². The average Bonchev–Trinajstić information content (AvgIpc) is 2.96. The van der Waals surface area contributed by atoms with Crippen molar-refractivity contribution >= 4 is 28.7 Å². The minimum absolute atomic E-state index is 0.0704. The fourth-order valence-corrected chi connectivity index (χ4v) is 4.93. The summed E-state index contributed by atoms with van der Waals surface area (Å²) in [5.74, 6) is -1.99. The Hall–Kier alpha value is -4.37. The SMILES string of the molecule is CSc1nc(-c2cc(C(=O)NCCCc3ccccc3)ccc2C)c2ccc(=O)n(-c3c(F)cccc3F)c2n1. The van der Waals surface area contributed by atoms with E-state index in [-0.39, 0.29) is 11.6 Å². The van der Waals surface area contributed by atoms with Crippen LogP contribution in [0.2, 0.25) is 0 Å². The summed E-state index contributed by atoms with van der Waals surface area (Å²) in [7, 11) is 0. The number of amides is 1. The minimum Gasteiger partial charge on any atom is -0.352 e. The van der Waals surface area contributed by atoms with Crippen LogP contribution in [0.25, 0.3) is 28.0 Å². The summed E-state index contributed by atoms with van der Waals surface area (Å²) in [5.41, 5.74) is 2.54. The molecular weight excluding hydrogens is 530 g/mol. The van der Waals surface area contributed by atoms with Crippen LogP contribution in [0.5, 0.6) is 0 Å². The number of halogens is 2. The third-order valence-electron chi connectivity index (χ3n) is 6.60. The number of thioether (sulfide) groups is 1. The standard InChI is InChI=1S/C31H26F2N4O2S/c1-19-13-14-21(30(39)34-17-7-10-20-8-4-3-5-9-20)18-23(19)27-22-15-16-26(38)37(29(22)36-31(35-27)40-2)28-24(32)11-6-12-25(28)33/h3-6,8-9,11-16,18H,7,10,17H2,1-2H3,(H,34,39). The minimum atomic E-state index is -0.887. The Morgan fingerprint density at radius 2 is 1.70 bits per heavy atom. The quantitative estimate of drug-likeness (QED) is 0.142. The van der Waals surface area contributed by atoms with Gasteiger partial charge in [0.25, 0.3) is 11.5 Å². The second-order valence-corrected chi connectivity index (χ2v) is 10.0. The van der Waals surface area contributed by atoms with E-state index in [1.165, 1.54) is 29.5 Å². The van der Waals surface area contributed by atoms with Gasteiger partial charge < -0.3 is 5.32 Å². The van der Waals surface area contributed by atoms with Crippen LogP contribution in [-0.2, 0) is 6.42 Å². The molecule has 0 aliphatic heterocycles. The molecule has 0 fully saturated rings. The molecule has 0 aliphatic rings. The number of aryl methyl sites for hydroxylation is 2. The summed E-state index contributed by atoms with van der Waals surface area (Å²) < 4.78 is 30.5. The summed E-state index contributed by atoms with van der Waals surface area (Å²) in [4.78, 5) is 35.1. The Morgan fingerprint density at radius 1 is 0.950 bits per heavy atom. The summed E-state index contributed by atoms with van der Waals surface area (Å²) in [6.45, 7) is 2.40. The highest BCUT2D eigenvalue weighted by molar-refractivity contribution is 7.98. The highest BCUT2D eigenvalue weighted by atomic mass is 32.2. The van der Waals surface area contributed by atoms with E-state index in [1.807, 2.05) is 31.2 Å². The molecule has 5 rings (SSSR count). The number of pyridine rings is 1. The molecule has 2 aromatic heterocycles. The molecule has 0 saturated heterocycles. The van der Waals surface area contributed by atoms with E-state index in [2.05, 4.69) is 27.4 Å². The van der Waals surface area contributed by atoms with Crippen LogP contribution in [0.4, 0.5) is 8.78 Å². The Kier molecular flexibility index (Phi) is 8.02. The number of carbonyl (C=O) groups excluding carboxylic acids is 1. The molecular formula is C31H26F2N4O2S. The Bertz CT molecular complexity index is 1750. The lowest BCUT2D eigenvalue weighted by molar-refractivity contribution is 0.0953. The number of fused-ring (bicyclic) bond motifs is 1. The molecule has 202 valence electrons. The van der Waals surface area contributed by atoms with Crippen molar-refractivity contribution in [3.63, 3.8) is 0 Å². The van der Waals surface area contributed by atoms with Gasteiger partial charge in [-0.1, -0.05) is 54.2 Å². The third-order valence-corrected chi connectivity index (χ3v) is 7.15. The topological polar surface area (TPSA) is 76.9 Å². The molecule has 0 radical (unpaired) electrons. The first-order valence-electron chi connectivity index (χ1n) is 12.7. The van der Waals surface area contributed by atoms with E-state index >= 15 is 0 Å². The fourth-order valence-electron chi connectivity index (χ4n) is 4.57. The first-order valence-corrected chi connectivity index (χ1v) is 13.9. The van der Waals surface area contributed by atoms with Crippen LogP contribution < -0.4 is 10.9 Å². The number of nitrogens with one attached hydrogen (secondary N) is 1. The van der Waals surface area contributed by atoms with Crippen LogP contribution >= 0.6 is 11.8 Å². The highest BCUT2D eigenvalue weighted by Gasteiger charge is 2.20. The highest BCUT2D eigenvalue weighted by Crippen LogP contribution is 2.32. The van der Waals surface area contributed by atoms with Gasteiger partial charge in [0.1, 0.15) is 17.3 Å². The van der Waals surface area contributed by atoms with E-state index in [0.29, 0.717) is 33.9 Å². The van der Waals surface area contributed by atoms with Crippen molar-refractivity contribution in [2.24, 2.45) is 0 Å². The first-order chi connectivity index (χ1) is 19.4. The molecule has 0 atom stereocenters. The molecule has 0 unspecified atom stereocenters. The van der Waals surface area contributed by atoms with Gasteiger partial charge in [0.05, 0.1) is 5.69 Å². The maximum absolute atomic E-state index is 14.8. The summed E-state index contributed by atoms with van der Waals surface area (Å²) >= 11 is 1.23. The van der Waals surface area contributed by atoms with Crippen molar-refractivity contribution < 1.29 is 13.6 Å². The van der Waals surface area contributed by atoms with Crippen molar-refractivity contribution in [1.82, 2.24) is 19.9 Å². The van der Waals surface area contributed by atoms with E-state index < -0.39 is 22.9 Å². The van der Waals surface area contributed by atoms with Crippen LogP contribution in [0.1, 0.15) is 27.9 Å². The molecule has 40 heavy (non-hydrogen) atoms. The number of aromatic nitrogens is 3. The summed E-state index contributed by atoms with van der Waals surface area (Å²) in [6, 6.07) is 21.6. The molecule has 5 aromatic rings. The molecule has 0 bridgehead atoms. The van der Waals surface area contributed by atoms with Gasteiger partial charge in [0.15, 0.2) is 10.8 Å². The number of hydrogen-bond donors (Lipinski definition) is 1. The zero-order valence-electron chi connectivity index (χ0n) is 21.9. The first kappa shape index (κ1) is 27.2. The van der Waals surface area contributed by atoms with Crippen LogP contribution in [0.15, 0.2) is 88.8 Å². The summed E-state index contributed by atoms with van der Waals surface area (Å²) in [6.07, 6.45) is 3.42.